The van der Waals surface area contributed by atoms with Gasteiger partial charge in [0.1, 0.15) is 0 Å². The van der Waals surface area contributed by atoms with Crippen LogP contribution in [0.4, 0.5) is 5.69 Å². The molecule has 22 heavy (non-hydrogen) atoms. The summed E-state index contributed by atoms with van der Waals surface area (Å²) in [5.41, 5.74) is 3.57. The van der Waals surface area contributed by atoms with Crippen molar-refractivity contribution >= 4 is 23.3 Å². The van der Waals surface area contributed by atoms with E-state index in [9.17, 15) is 14.4 Å². The van der Waals surface area contributed by atoms with Crippen LogP contribution >= 0.6 is 0 Å². The molecule has 1 aromatic rings. The summed E-state index contributed by atoms with van der Waals surface area (Å²) in [5, 5.41) is 0. The first-order valence-electron chi connectivity index (χ1n) is 7.54. The Morgan fingerprint density at radius 2 is 1.41 bits per heavy atom. The van der Waals surface area contributed by atoms with Crippen LogP contribution in [-0.4, -0.2) is 17.6 Å². The zero-order valence-corrected chi connectivity index (χ0v) is 13.1. The van der Waals surface area contributed by atoms with Crippen LogP contribution in [0.1, 0.15) is 44.0 Å². The van der Waals surface area contributed by atoms with Gasteiger partial charge in [-0.3, -0.25) is 19.3 Å². The van der Waals surface area contributed by atoms with Crippen molar-refractivity contribution in [3.63, 3.8) is 0 Å². The lowest BCUT2D eigenvalue weighted by molar-refractivity contribution is -0.122. The fourth-order valence-corrected chi connectivity index (χ4v) is 3.35. The number of carbonyl (C=O) groups is 3. The van der Waals surface area contributed by atoms with E-state index in [1.54, 1.807) is 24.3 Å². The molecule has 1 aliphatic carbocycles. The number of hydrogen-bond donors (Lipinski definition) is 0. The fourth-order valence-electron chi connectivity index (χ4n) is 3.35. The predicted octanol–water partition coefficient (Wildman–Crippen LogP) is 3.13. The maximum atomic E-state index is 12.6. The molecule has 114 valence electrons. The number of anilines is 1. The third-order valence-corrected chi connectivity index (χ3v) is 4.87. The summed E-state index contributed by atoms with van der Waals surface area (Å²) in [4.78, 5) is 37.9. The van der Waals surface area contributed by atoms with Gasteiger partial charge in [-0.15, -0.1) is 0 Å². The van der Waals surface area contributed by atoms with Crippen molar-refractivity contribution in [2.75, 3.05) is 4.90 Å². The van der Waals surface area contributed by atoms with Crippen LogP contribution in [0.5, 0.6) is 0 Å². The molecular formula is C18H19NO3. The minimum Gasteiger partial charge on any atom is -0.295 e. The molecule has 0 spiro atoms. The summed E-state index contributed by atoms with van der Waals surface area (Å²) in [6.45, 7) is 5.56. The number of rotatable bonds is 2. The standard InChI is InChI=1S/C18H19NO3/c1-10-8-15-16(9-11(10)2)18(22)19(17(15)21)14-6-4-13(5-7-14)12(3)20/h4-7,15-16H,8-9H2,1-3H3. The minimum atomic E-state index is -0.233. The van der Waals surface area contributed by atoms with E-state index in [1.165, 1.54) is 23.0 Å². The Bertz CT molecular complexity index is 668. The van der Waals surface area contributed by atoms with E-state index in [2.05, 4.69) is 0 Å². The monoisotopic (exact) mass is 297 g/mol. The molecule has 1 saturated heterocycles. The molecule has 1 aliphatic heterocycles. The van der Waals surface area contributed by atoms with Crippen LogP contribution < -0.4 is 4.90 Å². The van der Waals surface area contributed by atoms with Crippen molar-refractivity contribution in [2.45, 2.75) is 33.6 Å². The molecule has 1 aromatic carbocycles. The van der Waals surface area contributed by atoms with E-state index in [1.807, 2.05) is 13.8 Å². The van der Waals surface area contributed by atoms with Gasteiger partial charge >= 0.3 is 0 Å². The number of allylic oxidation sites excluding steroid dienone is 2. The average Bonchev–Trinajstić information content (AvgIpc) is 2.72. The zero-order valence-electron chi connectivity index (χ0n) is 13.1. The molecule has 0 aromatic heterocycles. The SMILES string of the molecule is CC(=O)c1ccc(N2C(=O)C3CC(C)=C(C)CC3C2=O)cc1. The van der Waals surface area contributed by atoms with Gasteiger partial charge in [0, 0.05) is 5.56 Å². The van der Waals surface area contributed by atoms with Crippen LogP contribution in [0.15, 0.2) is 35.4 Å². The van der Waals surface area contributed by atoms with Gasteiger partial charge in [0.15, 0.2) is 5.78 Å². The normalized spacial score (nSPS) is 24.8. The van der Waals surface area contributed by atoms with Crippen molar-refractivity contribution in [1.29, 1.82) is 0 Å². The Labute approximate surface area is 129 Å². The second-order valence-electron chi connectivity index (χ2n) is 6.30. The van der Waals surface area contributed by atoms with Crippen LogP contribution in [0.3, 0.4) is 0 Å². The van der Waals surface area contributed by atoms with Crippen LogP contribution in [-0.2, 0) is 9.59 Å². The smallest absolute Gasteiger partial charge is 0.238 e. The lowest BCUT2D eigenvalue weighted by Crippen LogP contribution is -2.30. The van der Waals surface area contributed by atoms with E-state index in [0.717, 1.165) is 0 Å². The second-order valence-corrected chi connectivity index (χ2v) is 6.30. The van der Waals surface area contributed by atoms with Gasteiger partial charge in [0.25, 0.3) is 0 Å². The summed E-state index contributed by atoms with van der Waals surface area (Å²) in [5.74, 6) is -0.725. The molecule has 2 unspecified atom stereocenters. The molecule has 2 amide bonds. The molecular weight excluding hydrogens is 278 g/mol. The Kier molecular flexibility index (Phi) is 3.47. The summed E-state index contributed by atoms with van der Waals surface area (Å²) < 4.78 is 0. The second kappa shape index (κ2) is 5.20. The topological polar surface area (TPSA) is 54.5 Å². The van der Waals surface area contributed by atoms with Gasteiger partial charge in [0.2, 0.25) is 11.8 Å². The molecule has 1 fully saturated rings. The summed E-state index contributed by atoms with van der Waals surface area (Å²) in [7, 11) is 0. The van der Waals surface area contributed by atoms with Crippen molar-refractivity contribution < 1.29 is 14.4 Å². The number of nitrogens with zero attached hydrogens (tertiary/aromatic N) is 1. The molecule has 0 saturated carbocycles. The number of imide groups is 1. The number of benzene rings is 1. The molecule has 4 heteroatoms. The number of ketones is 1. The highest BCUT2D eigenvalue weighted by atomic mass is 16.2. The van der Waals surface area contributed by atoms with E-state index >= 15 is 0 Å². The van der Waals surface area contributed by atoms with Crippen molar-refractivity contribution in [1.82, 2.24) is 0 Å². The zero-order chi connectivity index (χ0) is 16.0. The number of fused-ring (bicyclic) bond motifs is 1. The molecule has 4 nitrogen and oxygen atoms in total. The third-order valence-electron chi connectivity index (χ3n) is 4.87. The van der Waals surface area contributed by atoms with Gasteiger partial charge in [0.05, 0.1) is 17.5 Å². The molecule has 0 bridgehead atoms. The first-order chi connectivity index (χ1) is 10.4. The van der Waals surface area contributed by atoms with E-state index in [4.69, 9.17) is 0 Å². The lowest BCUT2D eigenvalue weighted by atomic mass is 9.78. The molecule has 2 atom stereocenters. The van der Waals surface area contributed by atoms with Gasteiger partial charge in [-0.2, -0.15) is 0 Å². The fraction of sp³-hybridized carbons (Fsp3) is 0.389. The third kappa shape index (κ3) is 2.19. The van der Waals surface area contributed by atoms with Crippen molar-refractivity contribution in [2.24, 2.45) is 11.8 Å². The van der Waals surface area contributed by atoms with E-state index in [0.29, 0.717) is 24.1 Å². The van der Waals surface area contributed by atoms with E-state index in [-0.39, 0.29) is 29.4 Å². The summed E-state index contributed by atoms with van der Waals surface area (Å²) >= 11 is 0. The molecule has 0 radical (unpaired) electrons. The van der Waals surface area contributed by atoms with Crippen LogP contribution in [0.2, 0.25) is 0 Å². The summed E-state index contributed by atoms with van der Waals surface area (Å²) in [6.07, 6.45) is 1.34. The van der Waals surface area contributed by atoms with Gasteiger partial charge in [-0.25, -0.2) is 0 Å². The van der Waals surface area contributed by atoms with Crippen LogP contribution in [0.25, 0.3) is 0 Å². The minimum absolute atomic E-state index is 0.0326. The Morgan fingerprint density at radius 3 is 1.82 bits per heavy atom. The molecule has 3 rings (SSSR count). The first kappa shape index (κ1) is 14.7. The number of hydrogen-bond acceptors (Lipinski definition) is 3. The first-order valence-corrected chi connectivity index (χ1v) is 7.54. The largest absolute Gasteiger partial charge is 0.295 e. The molecule has 0 N–H and O–H groups in total. The highest BCUT2D eigenvalue weighted by molar-refractivity contribution is 6.22. The van der Waals surface area contributed by atoms with Crippen LogP contribution in [0, 0.1) is 11.8 Å². The average molecular weight is 297 g/mol. The van der Waals surface area contributed by atoms with Crippen molar-refractivity contribution in [3.8, 4) is 0 Å². The lowest BCUT2D eigenvalue weighted by Gasteiger charge is -2.23. The molecule has 2 aliphatic rings. The number of Topliss-reactive ketones (excluding diaryl/α,β-unsaturated/α-hetero) is 1. The maximum Gasteiger partial charge on any atom is 0.238 e. The quantitative estimate of drug-likeness (QED) is 0.479. The Balaban J connectivity index is 1.92. The Hall–Kier alpha value is -2.23. The summed E-state index contributed by atoms with van der Waals surface area (Å²) in [6, 6.07) is 6.68. The van der Waals surface area contributed by atoms with E-state index < -0.39 is 0 Å². The van der Waals surface area contributed by atoms with Gasteiger partial charge in [-0.1, -0.05) is 11.1 Å². The highest BCUT2D eigenvalue weighted by Crippen LogP contribution is 2.42. The maximum absolute atomic E-state index is 12.6. The predicted molar refractivity (Wildman–Crippen MR) is 83.5 cm³/mol. The molecule has 1 heterocycles. The van der Waals surface area contributed by atoms with Gasteiger partial charge in [-0.05, 0) is 57.9 Å². The highest BCUT2D eigenvalue weighted by Gasteiger charge is 2.49. The van der Waals surface area contributed by atoms with Crippen molar-refractivity contribution in [3.05, 3.63) is 41.0 Å². The Morgan fingerprint density at radius 1 is 0.955 bits per heavy atom. The number of carbonyl (C=O) groups excluding carboxylic acids is 3. The van der Waals surface area contributed by atoms with Gasteiger partial charge < -0.3 is 0 Å². The number of amides is 2.